The minimum atomic E-state index is -0.678. The van der Waals surface area contributed by atoms with Gasteiger partial charge in [-0.15, -0.1) is 0 Å². The second-order valence-corrected chi connectivity index (χ2v) is 4.92. The number of carboxylic acid groups (broad SMARTS) is 1. The molecule has 0 bridgehead atoms. The fourth-order valence-electron chi connectivity index (χ4n) is 2.94. The third-order valence-electron chi connectivity index (χ3n) is 3.58. The Kier molecular flexibility index (Phi) is 4.14. The van der Waals surface area contributed by atoms with Crippen LogP contribution in [0.15, 0.2) is 0 Å². The maximum atomic E-state index is 11.5. The lowest BCUT2D eigenvalue weighted by Gasteiger charge is -2.41. The average molecular weight is 214 g/mol. The third-order valence-corrected chi connectivity index (χ3v) is 3.58. The molecule has 1 rings (SSSR count). The summed E-state index contributed by atoms with van der Waals surface area (Å²) in [7, 11) is 1.63. The molecule has 3 heteroatoms. The summed E-state index contributed by atoms with van der Waals surface area (Å²) in [5.41, 5.74) is -0.638. The fourth-order valence-corrected chi connectivity index (χ4v) is 2.94. The van der Waals surface area contributed by atoms with Gasteiger partial charge in [0.05, 0.1) is 11.5 Å². The Morgan fingerprint density at radius 1 is 1.27 bits per heavy atom. The summed E-state index contributed by atoms with van der Waals surface area (Å²) < 4.78 is 5.44. The van der Waals surface area contributed by atoms with Crippen LogP contribution in [-0.2, 0) is 9.53 Å². The van der Waals surface area contributed by atoms with Crippen LogP contribution in [-0.4, -0.2) is 24.3 Å². The van der Waals surface area contributed by atoms with Crippen molar-refractivity contribution < 1.29 is 14.6 Å². The van der Waals surface area contributed by atoms with Gasteiger partial charge in [0.15, 0.2) is 0 Å². The van der Waals surface area contributed by atoms with Gasteiger partial charge in [-0.1, -0.05) is 33.1 Å². The van der Waals surface area contributed by atoms with Gasteiger partial charge in [0.25, 0.3) is 0 Å². The van der Waals surface area contributed by atoms with Gasteiger partial charge in [0, 0.05) is 7.11 Å². The molecule has 0 aromatic heterocycles. The predicted molar refractivity (Wildman–Crippen MR) is 58.8 cm³/mol. The summed E-state index contributed by atoms with van der Waals surface area (Å²) in [5, 5.41) is 9.46. The van der Waals surface area contributed by atoms with Crippen LogP contribution in [0.3, 0.4) is 0 Å². The Balaban J connectivity index is 2.92. The zero-order valence-electron chi connectivity index (χ0n) is 9.95. The number of methoxy groups -OCH3 is 1. The lowest BCUT2D eigenvalue weighted by Crippen LogP contribution is -2.47. The molecular weight excluding hydrogens is 192 g/mol. The second-order valence-electron chi connectivity index (χ2n) is 4.92. The smallest absolute Gasteiger partial charge is 0.312 e. The van der Waals surface area contributed by atoms with Crippen molar-refractivity contribution in [2.24, 2.45) is 11.3 Å². The number of rotatable bonds is 4. The first-order valence-electron chi connectivity index (χ1n) is 5.81. The Bertz CT molecular complexity index is 217. The van der Waals surface area contributed by atoms with E-state index < -0.39 is 11.4 Å². The van der Waals surface area contributed by atoms with Crippen molar-refractivity contribution in [3.05, 3.63) is 0 Å². The highest BCUT2D eigenvalue weighted by atomic mass is 16.5. The number of carboxylic acids is 1. The Labute approximate surface area is 91.8 Å². The van der Waals surface area contributed by atoms with E-state index in [4.69, 9.17) is 4.74 Å². The van der Waals surface area contributed by atoms with E-state index in [0.29, 0.717) is 0 Å². The van der Waals surface area contributed by atoms with Gasteiger partial charge >= 0.3 is 5.97 Å². The highest BCUT2D eigenvalue weighted by Gasteiger charge is 2.47. The van der Waals surface area contributed by atoms with Gasteiger partial charge in [-0.25, -0.2) is 0 Å². The lowest BCUT2D eigenvalue weighted by molar-refractivity contribution is -0.165. The van der Waals surface area contributed by atoms with E-state index in [1.165, 1.54) is 0 Å². The topological polar surface area (TPSA) is 46.5 Å². The van der Waals surface area contributed by atoms with Crippen molar-refractivity contribution in [2.45, 2.75) is 52.1 Å². The molecule has 15 heavy (non-hydrogen) atoms. The van der Waals surface area contributed by atoms with Crippen LogP contribution in [0.25, 0.3) is 0 Å². The van der Waals surface area contributed by atoms with Crippen LogP contribution in [0.2, 0.25) is 0 Å². The predicted octanol–water partition coefficient (Wildman–Crippen LogP) is 2.69. The number of ether oxygens (including phenoxy) is 1. The van der Waals surface area contributed by atoms with Gasteiger partial charge in [0.2, 0.25) is 0 Å². The first kappa shape index (κ1) is 12.5. The molecule has 1 unspecified atom stereocenters. The van der Waals surface area contributed by atoms with Crippen LogP contribution >= 0.6 is 0 Å². The molecule has 1 N–H and O–H groups in total. The van der Waals surface area contributed by atoms with Crippen LogP contribution in [0.1, 0.15) is 46.0 Å². The van der Waals surface area contributed by atoms with Crippen LogP contribution < -0.4 is 0 Å². The van der Waals surface area contributed by atoms with Gasteiger partial charge in [-0.3, -0.25) is 4.79 Å². The first-order valence-corrected chi connectivity index (χ1v) is 5.81. The molecule has 0 amide bonds. The molecule has 1 aliphatic carbocycles. The monoisotopic (exact) mass is 214 g/mol. The zero-order chi connectivity index (χ0) is 11.5. The van der Waals surface area contributed by atoms with Crippen molar-refractivity contribution in [1.29, 1.82) is 0 Å². The van der Waals surface area contributed by atoms with Gasteiger partial charge < -0.3 is 9.84 Å². The molecule has 1 atom stereocenters. The van der Waals surface area contributed by atoms with E-state index >= 15 is 0 Å². The molecule has 0 spiro atoms. The molecule has 0 aliphatic heterocycles. The Hall–Kier alpha value is -0.570. The third kappa shape index (κ3) is 2.33. The number of hydrogen-bond donors (Lipinski definition) is 1. The van der Waals surface area contributed by atoms with E-state index in [1.54, 1.807) is 7.11 Å². The van der Waals surface area contributed by atoms with Crippen molar-refractivity contribution in [2.75, 3.05) is 7.11 Å². The van der Waals surface area contributed by atoms with Crippen LogP contribution in [0.4, 0.5) is 0 Å². The van der Waals surface area contributed by atoms with E-state index in [2.05, 4.69) is 0 Å². The summed E-state index contributed by atoms with van der Waals surface area (Å²) in [6.45, 7) is 4.07. The fraction of sp³-hybridized carbons (Fsp3) is 0.917. The molecule has 0 saturated heterocycles. The molecular formula is C12H22O3. The maximum Gasteiger partial charge on any atom is 0.312 e. The first-order chi connectivity index (χ1) is 7.04. The van der Waals surface area contributed by atoms with Gasteiger partial charge in [0.1, 0.15) is 0 Å². The van der Waals surface area contributed by atoms with E-state index in [0.717, 1.165) is 32.1 Å². The highest BCUT2D eigenvalue weighted by Crippen LogP contribution is 2.43. The standard InChI is InChI=1S/C12H22O3/c1-9(2)10(15-3)12(11(13)14)7-5-4-6-8-12/h9-10H,4-8H2,1-3H3,(H,13,14). The number of hydrogen-bond acceptors (Lipinski definition) is 2. The lowest BCUT2D eigenvalue weighted by atomic mass is 9.67. The summed E-state index contributed by atoms with van der Waals surface area (Å²) in [5.74, 6) is -0.424. The largest absolute Gasteiger partial charge is 0.481 e. The minimum absolute atomic E-state index is 0.157. The van der Waals surface area contributed by atoms with E-state index in [-0.39, 0.29) is 12.0 Å². The van der Waals surface area contributed by atoms with E-state index in [1.807, 2.05) is 13.8 Å². The molecule has 1 fully saturated rings. The van der Waals surface area contributed by atoms with Crippen LogP contribution in [0, 0.1) is 11.3 Å². The van der Waals surface area contributed by atoms with Crippen molar-refractivity contribution in [3.63, 3.8) is 0 Å². The average Bonchev–Trinajstić information content (AvgIpc) is 2.19. The molecule has 3 nitrogen and oxygen atoms in total. The molecule has 0 radical (unpaired) electrons. The van der Waals surface area contributed by atoms with Crippen molar-refractivity contribution in [1.82, 2.24) is 0 Å². The molecule has 0 heterocycles. The Morgan fingerprint density at radius 2 is 1.80 bits per heavy atom. The maximum absolute atomic E-state index is 11.5. The summed E-state index contributed by atoms with van der Waals surface area (Å²) in [6, 6.07) is 0. The molecule has 0 aromatic carbocycles. The summed E-state index contributed by atoms with van der Waals surface area (Å²) >= 11 is 0. The van der Waals surface area contributed by atoms with Crippen molar-refractivity contribution in [3.8, 4) is 0 Å². The van der Waals surface area contributed by atoms with E-state index in [9.17, 15) is 9.90 Å². The normalized spacial score (nSPS) is 22.7. The molecule has 0 aromatic rings. The zero-order valence-corrected chi connectivity index (χ0v) is 9.95. The minimum Gasteiger partial charge on any atom is -0.481 e. The SMILES string of the molecule is COC(C(C)C)C1(C(=O)O)CCCCC1. The Morgan fingerprint density at radius 3 is 2.13 bits per heavy atom. The van der Waals surface area contributed by atoms with Gasteiger partial charge in [-0.05, 0) is 18.8 Å². The quantitative estimate of drug-likeness (QED) is 0.782. The molecule has 1 aliphatic rings. The summed E-state index contributed by atoms with van der Waals surface area (Å²) in [4.78, 5) is 11.5. The highest BCUT2D eigenvalue weighted by molar-refractivity contribution is 5.75. The summed E-state index contributed by atoms with van der Waals surface area (Å²) in [6.07, 6.45) is 4.55. The second kappa shape index (κ2) is 4.97. The van der Waals surface area contributed by atoms with Crippen molar-refractivity contribution >= 4 is 5.97 Å². The molecule has 88 valence electrons. The van der Waals surface area contributed by atoms with Crippen LogP contribution in [0.5, 0.6) is 0 Å². The van der Waals surface area contributed by atoms with Gasteiger partial charge in [-0.2, -0.15) is 0 Å². The molecule has 1 saturated carbocycles. The number of carbonyl (C=O) groups is 1. The number of aliphatic carboxylic acids is 1.